The lowest BCUT2D eigenvalue weighted by Gasteiger charge is -2.16. The van der Waals surface area contributed by atoms with Crippen molar-refractivity contribution in [3.05, 3.63) is 28.2 Å². The van der Waals surface area contributed by atoms with Crippen LogP contribution in [0.4, 0.5) is 5.69 Å². The van der Waals surface area contributed by atoms with Crippen LogP contribution in [0.3, 0.4) is 0 Å². The Bertz CT molecular complexity index is 478. The smallest absolute Gasteiger partial charge is 0.238 e. The summed E-state index contributed by atoms with van der Waals surface area (Å²) >= 11 is 3.43. The van der Waals surface area contributed by atoms with Crippen LogP contribution in [-0.4, -0.2) is 44.0 Å². The molecule has 1 aromatic rings. The zero-order valence-corrected chi connectivity index (χ0v) is 13.7. The van der Waals surface area contributed by atoms with Crippen LogP contribution in [0.1, 0.15) is 12.0 Å². The zero-order valence-electron chi connectivity index (χ0n) is 12.1. The summed E-state index contributed by atoms with van der Waals surface area (Å²) < 4.78 is 1.03. The third kappa shape index (κ3) is 4.30. The summed E-state index contributed by atoms with van der Waals surface area (Å²) in [5.41, 5.74) is 1.96. The van der Waals surface area contributed by atoms with Crippen molar-refractivity contribution in [2.45, 2.75) is 13.3 Å². The molecule has 4 nitrogen and oxygen atoms in total. The van der Waals surface area contributed by atoms with Gasteiger partial charge < -0.3 is 10.6 Å². The fraction of sp³-hybridized carbons (Fsp3) is 0.533. The number of nitrogens with one attached hydrogen (secondary N) is 2. The van der Waals surface area contributed by atoms with Gasteiger partial charge in [-0.15, -0.1) is 0 Å². The van der Waals surface area contributed by atoms with Crippen LogP contribution in [0.5, 0.6) is 0 Å². The van der Waals surface area contributed by atoms with Gasteiger partial charge in [0.05, 0.1) is 6.54 Å². The van der Waals surface area contributed by atoms with Gasteiger partial charge >= 0.3 is 0 Å². The maximum Gasteiger partial charge on any atom is 0.238 e. The lowest BCUT2D eigenvalue weighted by molar-refractivity contribution is -0.117. The summed E-state index contributed by atoms with van der Waals surface area (Å²) in [4.78, 5) is 14.3. The lowest BCUT2D eigenvalue weighted by atomic mass is 10.1. The lowest BCUT2D eigenvalue weighted by Crippen LogP contribution is -2.32. The first-order valence-corrected chi connectivity index (χ1v) is 7.80. The molecule has 1 unspecified atom stereocenters. The van der Waals surface area contributed by atoms with E-state index in [0.29, 0.717) is 12.5 Å². The summed E-state index contributed by atoms with van der Waals surface area (Å²) in [5, 5.41) is 6.20. The Morgan fingerprint density at radius 1 is 1.50 bits per heavy atom. The Labute approximate surface area is 129 Å². The Morgan fingerprint density at radius 3 is 3.00 bits per heavy atom. The zero-order chi connectivity index (χ0) is 14.5. The minimum atomic E-state index is 0.0699. The Balaban J connectivity index is 1.84. The fourth-order valence-electron chi connectivity index (χ4n) is 2.67. The molecule has 110 valence electrons. The van der Waals surface area contributed by atoms with Crippen molar-refractivity contribution in [3.8, 4) is 0 Å². The highest BCUT2D eigenvalue weighted by Crippen LogP contribution is 2.20. The highest BCUT2D eigenvalue weighted by molar-refractivity contribution is 9.10. The van der Waals surface area contributed by atoms with E-state index in [1.165, 1.54) is 6.42 Å². The van der Waals surface area contributed by atoms with Crippen LogP contribution in [0, 0.1) is 12.8 Å². The number of aryl methyl sites for hydroxylation is 1. The third-order valence-corrected chi connectivity index (χ3v) is 4.19. The standard InChI is InChI=1S/C15H22BrN3O/c1-11-7-13(16)3-4-14(11)18-15(20)10-19-6-5-12(9-19)8-17-2/h3-4,7,12,17H,5-6,8-10H2,1-2H3,(H,18,20). The number of amides is 1. The van der Waals surface area contributed by atoms with Gasteiger partial charge in [0.25, 0.3) is 0 Å². The first-order chi connectivity index (χ1) is 9.58. The van der Waals surface area contributed by atoms with E-state index in [4.69, 9.17) is 0 Å². The first-order valence-electron chi connectivity index (χ1n) is 7.01. The Hall–Kier alpha value is -0.910. The number of benzene rings is 1. The number of anilines is 1. The predicted octanol–water partition coefficient (Wildman–Crippen LogP) is 2.24. The van der Waals surface area contributed by atoms with Gasteiger partial charge in [-0.2, -0.15) is 0 Å². The topological polar surface area (TPSA) is 44.4 Å². The molecular formula is C15H22BrN3O. The number of hydrogen-bond donors (Lipinski definition) is 2. The van der Waals surface area contributed by atoms with E-state index in [-0.39, 0.29) is 5.91 Å². The molecule has 1 atom stereocenters. The number of hydrogen-bond acceptors (Lipinski definition) is 3. The van der Waals surface area contributed by atoms with Gasteiger partial charge in [-0.05, 0) is 63.2 Å². The molecule has 1 aromatic carbocycles. The molecule has 2 N–H and O–H groups in total. The van der Waals surface area contributed by atoms with Gasteiger partial charge in [-0.1, -0.05) is 15.9 Å². The Morgan fingerprint density at radius 2 is 2.30 bits per heavy atom. The molecule has 1 amide bonds. The quantitative estimate of drug-likeness (QED) is 0.864. The molecule has 0 saturated carbocycles. The number of carbonyl (C=O) groups is 1. The van der Waals surface area contributed by atoms with Crippen LogP contribution in [0.15, 0.2) is 22.7 Å². The van der Waals surface area contributed by atoms with Crippen LogP contribution in [-0.2, 0) is 4.79 Å². The number of rotatable bonds is 5. The molecule has 0 aromatic heterocycles. The molecule has 1 heterocycles. The second-order valence-electron chi connectivity index (χ2n) is 5.45. The SMILES string of the molecule is CNCC1CCN(CC(=O)Nc2ccc(Br)cc2C)C1. The highest BCUT2D eigenvalue weighted by Gasteiger charge is 2.23. The minimum Gasteiger partial charge on any atom is -0.325 e. The van der Waals surface area contributed by atoms with E-state index in [1.807, 2.05) is 32.2 Å². The molecule has 0 spiro atoms. The summed E-state index contributed by atoms with van der Waals surface area (Å²) in [6.07, 6.45) is 1.17. The van der Waals surface area contributed by atoms with Gasteiger partial charge in [0.2, 0.25) is 5.91 Å². The summed E-state index contributed by atoms with van der Waals surface area (Å²) in [7, 11) is 1.98. The molecule has 1 aliphatic heterocycles. The van der Waals surface area contributed by atoms with Gasteiger partial charge in [-0.25, -0.2) is 0 Å². The van der Waals surface area contributed by atoms with Gasteiger partial charge in [0, 0.05) is 16.7 Å². The van der Waals surface area contributed by atoms with Crippen molar-refractivity contribution in [3.63, 3.8) is 0 Å². The molecule has 1 aliphatic rings. The molecule has 20 heavy (non-hydrogen) atoms. The van der Waals surface area contributed by atoms with E-state index >= 15 is 0 Å². The van der Waals surface area contributed by atoms with Crippen molar-refractivity contribution < 1.29 is 4.79 Å². The third-order valence-electron chi connectivity index (χ3n) is 3.69. The number of halogens is 1. The van der Waals surface area contributed by atoms with Crippen molar-refractivity contribution in [2.75, 3.05) is 38.5 Å². The van der Waals surface area contributed by atoms with E-state index in [2.05, 4.69) is 31.5 Å². The fourth-order valence-corrected chi connectivity index (χ4v) is 3.15. The predicted molar refractivity (Wildman–Crippen MR) is 86.0 cm³/mol. The number of nitrogens with zero attached hydrogens (tertiary/aromatic N) is 1. The second kappa shape index (κ2) is 7.20. The average Bonchev–Trinajstić information content (AvgIpc) is 2.81. The summed E-state index contributed by atoms with van der Waals surface area (Å²) in [5.74, 6) is 0.739. The molecule has 2 rings (SSSR count). The number of likely N-dealkylation sites (tertiary alicyclic amines) is 1. The van der Waals surface area contributed by atoms with Crippen molar-refractivity contribution in [2.24, 2.45) is 5.92 Å². The van der Waals surface area contributed by atoms with Gasteiger partial charge in [-0.3, -0.25) is 9.69 Å². The van der Waals surface area contributed by atoms with Crippen molar-refractivity contribution in [1.29, 1.82) is 0 Å². The number of carbonyl (C=O) groups excluding carboxylic acids is 1. The maximum atomic E-state index is 12.1. The monoisotopic (exact) mass is 339 g/mol. The van der Waals surface area contributed by atoms with Crippen LogP contribution >= 0.6 is 15.9 Å². The first kappa shape index (κ1) is 15.5. The molecule has 1 saturated heterocycles. The summed E-state index contributed by atoms with van der Waals surface area (Å²) in [6, 6.07) is 5.89. The highest BCUT2D eigenvalue weighted by atomic mass is 79.9. The molecule has 1 fully saturated rings. The summed E-state index contributed by atoms with van der Waals surface area (Å²) in [6.45, 7) is 5.53. The van der Waals surface area contributed by atoms with E-state index in [1.54, 1.807) is 0 Å². The normalized spacial score (nSPS) is 19.2. The van der Waals surface area contributed by atoms with Crippen LogP contribution in [0.2, 0.25) is 0 Å². The van der Waals surface area contributed by atoms with E-state index < -0.39 is 0 Å². The molecule has 0 radical (unpaired) electrons. The molecule has 5 heteroatoms. The average molecular weight is 340 g/mol. The second-order valence-corrected chi connectivity index (χ2v) is 6.37. The van der Waals surface area contributed by atoms with E-state index in [0.717, 1.165) is 35.4 Å². The van der Waals surface area contributed by atoms with E-state index in [9.17, 15) is 4.79 Å². The van der Waals surface area contributed by atoms with Crippen molar-refractivity contribution >= 4 is 27.5 Å². The van der Waals surface area contributed by atoms with Crippen LogP contribution < -0.4 is 10.6 Å². The van der Waals surface area contributed by atoms with Crippen molar-refractivity contribution in [1.82, 2.24) is 10.2 Å². The van der Waals surface area contributed by atoms with Crippen LogP contribution in [0.25, 0.3) is 0 Å². The van der Waals surface area contributed by atoms with Gasteiger partial charge in [0.1, 0.15) is 0 Å². The van der Waals surface area contributed by atoms with Gasteiger partial charge in [0.15, 0.2) is 0 Å². The minimum absolute atomic E-state index is 0.0699. The Kier molecular flexibility index (Phi) is 5.57. The molecule has 0 aliphatic carbocycles. The molecule has 0 bridgehead atoms. The molecular weight excluding hydrogens is 318 g/mol. The maximum absolute atomic E-state index is 12.1. The largest absolute Gasteiger partial charge is 0.325 e.